The first-order valence-electron chi connectivity index (χ1n) is 5.81. The third-order valence-electron chi connectivity index (χ3n) is 2.77. The molecular weight excluding hydrogens is 244 g/mol. The number of benzene rings is 2. The Morgan fingerprint density at radius 2 is 1.84 bits per heavy atom. The van der Waals surface area contributed by atoms with Gasteiger partial charge in [-0.3, -0.25) is 4.79 Å². The summed E-state index contributed by atoms with van der Waals surface area (Å²) < 4.78 is 11.0. The van der Waals surface area contributed by atoms with Gasteiger partial charge in [-0.25, -0.2) is 0 Å². The average Bonchev–Trinajstić information content (AvgIpc) is 2.42. The number of hydrogen-bond acceptors (Lipinski definition) is 4. The smallest absolute Gasteiger partial charge is 0.257 e. The van der Waals surface area contributed by atoms with E-state index in [4.69, 9.17) is 15.2 Å². The first-order valence-corrected chi connectivity index (χ1v) is 5.81. The number of amides is 1. The molecule has 0 atom stereocenters. The van der Waals surface area contributed by atoms with Gasteiger partial charge in [0.15, 0.2) is 6.73 Å². The van der Waals surface area contributed by atoms with Gasteiger partial charge in [0, 0.05) is 11.8 Å². The molecule has 3 rings (SSSR count). The predicted molar refractivity (Wildman–Crippen MR) is 70.3 cm³/mol. The number of rotatable bonds is 2. The third kappa shape index (κ3) is 2.30. The Kier molecular flexibility index (Phi) is 2.72. The summed E-state index contributed by atoms with van der Waals surface area (Å²) in [6.07, 6.45) is 0. The highest BCUT2D eigenvalue weighted by atomic mass is 16.5. The number of nitrogens with one attached hydrogen (secondary N) is 1. The van der Waals surface area contributed by atoms with Gasteiger partial charge in [-0.15, -0.1) is 0 Å². The lowest BCUT2D eigenvalue weighted by atomic mass is 10.1. The van der Waals surface area contributed by atoms with E-state index in [0.717, 1.165) is 0 Å². The molecule has 2 aromatic carbocycles. The molecule has 0 fully saturated rings. The summed E-state index contributed by atoms with van der Waals surface area (Å²) in [4.78, 5) is 11.5. The largest absolute Gasteiger partial charge is 0.472 e. The predicted octanol–water partition coefficient (Wildman–Crippen LogP) is 2.14. The summed E-state index contributed by atoms with van der Waals surface area (Å²) in [5, 5.41) is 2.60. The molecule has 96 valence electrons. The zero-order chi connectivity index (χ0) is 13.2. The highest BCUT2D eigenvalue weighted by molar-refractivity contribution is 5.97. The Bertz CT molecular complexity index is 623. The number of nitrogen functional groups attached to an aromatic ring is 1. The van der Waals surface area contributed by atoms with Crippen molar-refractivity contribution < 1.29 is 14.3 Å². The van der Waals surface area contributed by atoms with Crippen molar-refractivity contribution in [3.63, 3.8) is 0 Å². The van der Waals surface area contributed by atoms with Gasteiger partial charge in [0.25, 0.3) is 5.91 Å². The van der Waals surface area contributed by atoms with Crippen molar-refractivity contribution in [2.45, 2.75) is 0 Å². The standard InChI is InChI=1S/C14H12N2O3/c15-9-1-3-10(4-2-9)19-11-5-6-12-13(7-11)18-8-16-14(12)17/h1-7H,8,15H2,(H,16,17). The van der Waals surface area contributed by atoms with Crippen LogP contribution < -0.4 is 20.5 Å². The fourth-order valence-corrected chi connectivity index (χ4v) is 1.82. The SMILES string of the molecule is Nc1ccc(Oc2ccc3c(c2)OCNC3=O)cc1. The number of carbonyl (C=O) groups excluding carboxylic acids is 1. The topological polar surface area (TPSA) is 73.6 Å². The number of ether oxygens (including phenoxy) is 2. The molecular formula is C14H12N2O3. The molecule has 0 unspecified atom stereocenters. The Labute approximate surface area is 109 Å². The summed E-state index contributed by atoms with van der Waals surface area (Å²) in [5.41, 5.74) is 6.80. The summed E-state index contributed by atoms with van der Waals surface area (Å²) in [6.45, 7) is 0.178. The molecule has 5 heteroatoms. The van der Waals surface area contributed by atoms with E-state index in [1.54, 1.807) is 42.5 Å². The van der Waals surface area contributed by atoms with Crippen LogP contribution in [-0.2, 0) is 0 Å². The summed E-state index contributed by atoms with van der Waals surface area (Å²) in [5.74, 6) is 1.67. The van der Waals surface area contributed by atoms with Crippen LogP contribution in [0.3, 0.4) is 0 Å². The Morgan fingerprint density at radius 3 is 2.63 bits per heavy atom. The second-order valence-corrected chi connectivity index (χ2v) is 4.12. The van der Waals surface area contributed by atoms with Crippen LogP contribution in [0.2, 0.25) is 0 Å². The molecule has 2 aromatic rings. The highest BCUT2D eigenvalue weighted by Crippen LogP contribution is 2.29. The van der Waals surface area contributed by atoms with Gasteiger partial charge >= 0.3 is 0 Å². The van der Waals surface area contributed by atoms with Gasteiger partial charge in [0.05, 0.1) is 5.56 Å². The molecule has 0 radical (unpaired) electrons. The Morgan fingerprint density at radius 1 is 1.11 bits per heavy atom. The van der Waals surface area contributed by atoms with Gasteiger partial charge in [-0.1, -0.05) is 0 Å². The van der Waals surface area contributed by atoms with Crippen molar-refractivity contribution in [3.8, 4) is 17.2 Å². The molecule has 1 aliphatic rings. The fourth-order valence-electron chi connectivity index (χ4n) is 1.82. The maximum absolute atomic E-state index is 11.5. The molecule has 0 spiro atoms. The van der Waals surface area contributed by atoms with Crippen LogP contribution >= 0.6 is 0 Å². The maximum atomic E-state index is 11.5. The minimum absolute atomic E-state index is 0.139. The second-order valence-electron chi connectivity index (χ2n) is 4.12. The molecule has 0 saturated heterocycles. The molecule has 0 aliphatic carbocycles. The lowest BCUT2D eigenvalue weighted by Gasteiger charge is -2.18. The minimum atomic E-state index is -0.139. The quantitative estimate of drug-likeness (QED) is 0.807. The summed E-state index contributed by atoms with van der Waals surface area (Å²) in [7, 11) is 0. The van der Waals surface area contributed by atoms with Crippen molar-refractivity contribution in [3.05, 3.63) is 48.0 Å². The van der Waals surface area contributed by atoms with Gasteiger partial charge in [0.1, 0.15) is 17.2 Å². The van der Waals surface area contributed by atoms with Crippen molar-refractivity contribution in [1.82, 2.24) is 5.32 Å². The first kappa shape index (κ1) is 11.4. The van der Waals surface area contributed by atoms with Gasteiger partial charge < -0.3 is 20.5 Å². The molecule has 1 heterocycles. The molecule has 0 aromatic heterocycles. The van der Waals surface area contributed by atoms with E-state index in [0.29, 0.717) is 28.5 Å². The van der Waals surface area contributed by atoms with E-state index in [1.807, 2.05) is 0 Å². The van der Waals surface area contributed by atoms with Crippen LogP contribution in [0.25, 0.3) is 0 Å². The minimum Gasteiger partial charge on any atom is -0.472 e. The molecule has 0 saturated carbocycles. The lowest BCUT2D eigenvalue weighted by Crippen LogP contribution is -2.32. The highest BCUT2D eigenvalue weighted by Gasteiger charge is 2.18. The van der Waals surface area contributed by atoms with E-state index in [1.165, 1.54) is 0 Å². The van der Waals surface area contributed by atoms with E-state index < -0.39 is 0 Å². The third-order valence-corrected chi connectivity index (χ3v) is 2.77. The van der Waals surface area contributed by atoms with E-state index >= 15 is 0 Å². The molecule has 5 nitrogen and oxygen atoms in total. The lowest BCUT2D eigenvalue weighted by molar-refractivity contribution is 0.0883. The van der Waals surface area contributed by atoms with Crippen LogP contribution in [0.15, 0.2) is 42.5 Å². The van der Waals surface area contributed by atoms with E-state index in [2.05, 4.69) is 5.32 Å². The second kappa shape index (κ2) is 4.53. The number of fused-ring (bicyclic) bond motifs is 1. The number of nitrogens with two attached hydrogens (primary N) is 1. The molecule has 1 aliphatic heterocycles. The zero-order valence-corrected chi connectivity index (χ0v) is 10.1. The zero-order valence-electron chi connectivity index (χ0n) is 10.1. The van der Waals surface area contributed by atoms with Crippen LogP contribution in [0.5, 0.6) is 17.2 Å². The van der Waals surface area contributed by atoms with Crippen molar-refractivity contribution >= 4 is 11.6 Å². The van der Waals surface area contributed by atoms with E-state index in [-0.39, 0.29) is 12.6 Å². The average molecular weight is 256 g/mol. The monoisotopic (exact) mass is 256 g/mol. The summed E-state index contributed by atoms with van der Waals surface area (Å²) >= 11 is 0. The number of carbonyl (C=O) groups is 1. The van der Waals surface area contributed by atoms with E-state index in [9.17, 15) is 4.79 Å². The van der Waals surface area contributed by atoms with Crippen LogP contribution in [0.4, 0.5) is 5.69 Å². The normalized spacial score (nSPS) is 13.2. The van der Waals surface area contributed by atoms with Crippen LogP contribution in [-0.4, -0.2) is 12.6 Å². The maximum Gasteiger partial charge on any atom is 0.257 e. The van der Waals surface area contributed by atoms with Gasteiger partial charge in [-0.05, 0) is 36.4 Å². The van der Waals surface area contributed by atoms with Gasteiger partial charge in [-0.2, -0.15) is 0 Å². The summed E-state index contributed by atoms with van der Waals surface area (Å²) in [6, 6.07) is 12.2. The number of anilines is 1. The van der Waals surface area contributed by atoms with Crippen LogP contribution in [0, 0.1) is 0 Å². The van der Waals surface area contributed by atoms with Crippen molar-refractivity contribution in [2.24, 2.45) is 0 Å². The molecule has 19 heavy (non-hydrogen) atoms. The molecule has 0 bridgehead atoms. The fraction of sp³-hybridized carbons (Fsp3) is 0.0714. The van der Waals surface area contributed by atoms with Crippen LogP contribution in [0.1, 0.15) is 10.4 Å². The van der Waals surface area contributed by atoms with Crippen molar-refractivity contribution in [1.29, 1.82) is 0 Å². The Balaban J connectivity index is 1.86. The Hall–Kier alpha value is -2.69. The first-order chi connectivity index (χ1) is 9.22. The number of hydrogen-bond donors (Lipinski definition) is 2. The molecule has 3 N–H and O–H groups in total. The molecule has 1 amide bonds. The van der Waals surface area contributed by atoms with Crippen molar-refractivity contribution in [2.75, 3.05) is 12.5 Å². The van der Waals surface area contributed by atoms with Gasteiger partial charge in [0.2, 0.25) is 0 Å².